The largest absolute Gasteiger partial charge is 0.300 e. The monoisotopic (exact) mass is 367 g/mol. The highest BCUT2D eigenvalue weighted by Gasteiger charge is 2.43. The van der Waals surface area contributed by atoms with E-state index in [1.165, 1.54) is 49.0 Å². The maximum atomic E-state index is 2.77. The second-order valence-corrected chi connectivity index (χ2v) is 8.58. The second-order valence-electron chi connectivity index (χ2n) is 8.58. The summed E-state index contributed by atoms with van der Waals surface area (Å²) in [6.45, 7) is 2.56. The van der Waals surface area contributed by atoms with Gasteiger partial charge in [0, 0.05) is 11.5 Å². The molecular formula is C27H29N. The first-order chi connectivity index (χ1) is 13.9. The molecule has 0 spiro atoms. The standard InChI is InChI=1S/C27H29N/c1-4-10-23(11-5-1)27(24-12-6-2-7-13-24,25-14-8-3-9-15-25)21-26-20-22-16-18-28(26)19-17-22/h1-15,22,26H,16-21H2. The van der Waals surface area contributed by atoms with Gasteiger partial charge in [0.1, 0.15) is 0 Å². The van der Waals surface area contributed by atoms with Gasteiger partial charge in [-0.1, -0.05) is 91.0 Å². The number of hydrogen-bond donors (Lipinski definition) is 0. The van der Waals surface area contributed by atoms with Crippen LogP contribution < -0.4 is 0 Å². The zero-order valence-corrected chi connectivity index (χ0v) is 16.5. The highest BCUT2D eigenvalue weighted by atomic mass is 15.2. The SMILES string of the molecule is c1ccc(C(CC2CC3CCN2CC3)(c2ccccc2)c2ccccc2)cc1. The van der Waals surface area contributed by atoms with Crippen molar-refractivity contribution < 1.29 is 0 Å². The third-order valence-electron chi connectivity index (χ3n) is 7.11. The molecular weight excluding hydrogens is 338 g/mol. The van der Waals surface area contributed by atoms with Crippen LogP contribution in [0.25, 0.3) is 0 Å². The van der Waals surface area contributed by atoms with Crippen molar-refractivity contribution in [3.05, 3.63) is 108 Å². The van der Waals surface area contributed by atoms with Crippen molar-refractivity contribution in [1.29, 1.82) is 0 Å². The number of piperidine rings is 3. The number of rotatable bonds is 5. The van der Waals surface area contributed by atoms with Gasteiger partial charge in [-0.15, -0.1) is 0 Å². The van der Waals surface area contributed by atoms with Gasteiger partial charge in [-0.25, -0.2) is 0 Å². The normalized spacial score (nSPS) is 24.2. The molecule has 1 heteroatoms. The zero-order chi connectivity index (χ0) is 18.8. The van der Waals surface area contributed by atoms with Gasteiger partial charge in [0.25, 0.3) is 0 Å². The molecule has 0 aromatic heterocycles. The van der Waals surface area contributed by atoms with E-state index in [9.17, 15) is 0 Å². The smallest absolute Gasteiger partial charge is 0.0466 e. The summed E-state index contributed by atoms with van der Waals surface area (Å²) in [7, 11) is 0. The van der Waals surface area contributed by atoms with E-state index < -0.39 is 0 Å². The summed E-state index contributed by atoms with van der Waals surface area (Å²) in [4.78, 5) is 2.77. The zero-order valence-electron chi connectivity index (χ0n) is 16.5. The fourth-order valence-corrected chi connectivity index (χ4v) is 5.68. The first-order valence-electron chi connectivity index (χ1n) is 10.8. The van der Waals surface area contributed by atoms with Gasteiger partial charge in [0.05, 0.1) is 0 Å². The second kappa shape index (κ2) is 7.56. The van der Waals surface area contributed by atoms with Crippen molar-refractivity contribution in [3.63, 3.8) is 0 Å². The van der Waals surface area contributed by atoms with Crippen LogP contribution >= 0.6 is 0 Å². The van der Waals surface area contributed by atoms with Crippen LogP contribution in [-0.4, -0.2) is 24.0 Å². The average Bonchev–Trinajstić information content (AvgIpc) is 2.80. The molecule has 3 aliphatic heterocycles. The van der Waals surface area contributed by atoms with Gasteiger partial charge in [0.15, 0.2) is 0 Å². The molecule has 0 saturated carbocycles. The van der Waals surface area contributed by atoms with Gasteiger partial charge in [-0.05, 0) is 61.4 Å². The Balaban J connectivity index is 1.68. The van der Waals surface area contributed by atoms with E-state index in [0.717, 1.165) is 12.3 Å². The third-order valence-corrected chi connectivity index (χ3v) is 7.11. The van der Waals surface area contributed by atoms with Crippen LogP contribution in [0.2, 0.25) is 0 Å². The lowest BCUT2D eigenvalue weighted by Crippen LogP contribution is -2.51. The molecule has 1 nitrogen and oxygen atoms in total. The molecule has 3 aromatic carbocycles. The summed E-state index contributed by atoms with van der Waals surface area (Å²) < 4.78 is 0. The van der Waals surface area contributed by atoms with Gasteiger partial charge in [-0.3, -0.25) is 0 Å². The van der Waals surface area contributed by atoms with Crippen LogP contribution in [-0.2, 0) is 5.41 Å². The molecule has 0 amide bonds. The lowest BCUT2D eigenvalue weighted by atomic mass is 9.64. The molecule has 0 radical (unpaired) electrons. The molecule has 3 heterocycles. The maximum absolute atomic E-state index is 2.77. The molecule has 6 rings (SSSR count). The Morgan fingerprint density at radius 3 is 1.43 bits per heavy atom. The molecule has 28 heavy (non-hydrogen) atoms. The summed E-state index contributed by atoms with van der Waals surface area (Å²) in [5, 5.41) is 0. The van der Waals surface area contributed by atoms with Gasteiger partial charge < -0.3 is 4.90 Å². The molecule has 2 bridgehead atoms. The number of fused-ring (bicyclic) bond motifs is 3. The molecule has 0 aliphatic carbocycles. The van der Waals surface area contributed by atoms with Crippen molar-refractivity contribution in [3.8, 4) is 0 Å². The fraction of sp³-hybridized carbons (Fsp3) is 0.333. The van der Waals surface area contributed by atoms with Crippen LogP contribution in [0, 0.1) is 5.92 Å². The molecule has 3 aliphatic rings. The highest BCUT2D eigenvalue weighted by Crippen LogP contribution is 2.46. The first kappa shape index (κ1) is 17.7. The molecule has 142 valence electrons. The Kier molecular flexibility index (Phi) is 4.78. The van der Waals surface area contributed by atoms with E-state index in [1.54, 1.807) is 0 Å². The molecule has 3 aromatic rings. The minimum absolute atomic E-state index is 0.105. The van der Waals surface area contributed by atoms with Crippen LogP contribution in [0.1, 0.15) is 42.4 Å². The van der Waals surface area contributed by atoms with Gasteiger partial charge >= 0.3 is 0 Å². The van der Waals surface area contributed by atoms with E-state index >= 15 is 0 Å². The number of benzene rings is 3. The van der Waals surface area contributed by atoms with Crippen LogP contribution in [0.4, 0.5) is 0 Å². The Hall–Kier alpha value is -2.38. The topological polar surface area (TPSA) is 3.24 Å². The summed E-state index contributed by atoms with van der Waals surface area (Å²) in [6.07, 6.45) is 5.30. The highest BCUT2D eigenvalue weighted by molar-refractivity contribution is 5.50. The van der Waals surface area contributed by atoms with E-state index in [0.29, 0.717) is 6.04 Å². The average molecular weight is 368 g/mol. The Morgan fingerprint density at radius 2 is 1.07 bits per heavy atom. The molecule has 1 atom stereocenters. The predicted molar refractivity (Wildman–Crippen MR) is 117 cm³/mol. The predicted octanol–water partition coefficient (Wildman–Crippen LogP) is 5.90. The van der Waals surface area contributed by atoms with Crippen LogP contribution in [0.5, 0.6) is 0 Å². The number of hydrogen-bond acceptors (Lipinski definition) is 1. The summed E-state index contributed by atoms with van der Waals surface area (Å²) in [6, 6.07) is 34.2. The maximum Gasteiger partial charge on any atom is 0.0466 e. The van der Waals surface area contributed by atoms with Crippen molar-refractivity contribution in [2.75, 3.05) is 13.1 Å². The third kappa shape index (κ3) is 3.08. The summed E-state index contributed by atoms with van der Waals surface area (Å²) in [5.41, 5.74) is 4.13. The van der Waals surface area contributed by atoms with Crippen LogP contribution in [0.15, 0.2) is 91.0 Å². The quantitative estimate of drug-likeness (QED) is 0.508. The van der Waals surface area contributed by atoms with Gasteiger partial charge in [0.2, 0.25) is 0 Å². The molecule has 3 saturated heterocycles. The van der Waals surface area contributed by atoms with Crippen molar-refractivity contribution in [2.45, 2.75) is 37.1 Å². The first-order valence-corrected chi connectivity index (χ1v) is 10.8. The van der Waals surface area contributed by atoms with E-state index in [2.05, 4.69) is 95.9 Å². The van der Waals surface area contributed by atoms with E-state index in [-0.39, 0.29) is 5.41 Å². The fourth-order valence-electron chi connectivity index (χ4n) is 5.68. The van der Waals surface area contributed by atoms with E-state index in [1.807, 2.05) is 0 Å². The minimum atomic E-state index is -0.105. The Labute approximate surface area is 169 Å². The lowest BCUT2D eigenvalue weighted by molar-refractivity contribution is 0.0382. The van der Waals surface area contributed by atoms with Crippen molar-refractivity contribution in [1.82, 2.24) is 4.90 Å². The van der Waals surface area contributed by atoms with Gasteiger partial charge in [-0.2, -0.15) is 0 Å². The Bertz CT molecular complexity index is 783. The molecule has 1 unspecified atom stereocenters. The van der Waals surface area contributed by atoms with Crippen molar-refractivity contribution in [2.24, 2.45) is 5.92 Å². The lowest BCUT2D eigenvalue weighted by Gasteiger charge is -2.49. The molecule has 0 N–H and O–H groups in total. The summed E-state index contributed by atoms with van der Waals surface area (Å²) >= 11 is 0. The van der Waals surface area contributed by atoms with E-state index in [4.69, 9.17) is 0 Å². The number of nitrogens with zero attached hydrogens (tertiary/aromatic N) is 1. The Morgan fingerprint density at radius 1 is 0.643 bits per heavy atom. The summed E-state index contributed by atoms with van der Waals surface area (Å²) in [5.74, 6) is 0.926. The van der Waals surface area contributed by atoms with Crippen LogP contribution in [0.3, 0.4) is 0 Å². The minimum Gasteiger partial charge on any atom is -0.300 e. The van der Waals surface area contributed by atoms with Crippen molar-refractivity contribution >= 4 is 0 Å². The molecule has 3 fully saturated rings.